The predicted molar refractivity (Wildman–Crippen MR) is 83.9 cm³/mol. The van der Waals surface area contributed by atoms with Gasteiger partial charge in [0.15, 0.2) is 8.32 Å². The number of hydrogen-bond acceptors (Lipinski definition) is 3. The first-order chi connectivity index (χ1) is 8.86. The monoisotopic (exact) mass is 287 g/mol. The third-order valence-corrected chi connectivity index (χ3v) is 9.30. The van der Waals surface area contributed by atoms with Crippen LogP contribution in [0.25, 0.3) is 0 Å². The highest BCUT2D eigenvalue weighted by atomic mass is 28.4. The molecule has 0 spiro atoms. The first-order valence-electron chi connectivity index (χ1n) is 7.93. The Labute approximate surface area is 120 Å². The number of ether oxygens (including phenoxy) is 1. The van der Waals surface area contributed by atoms with Gasteiger partial charge in [0.25, 0.3) is 0 Å². The van der Waals surface area contributed by atoms with Crippen molar-refractivity contribution in [2.45, 2.75) is 89.8 Å². The van der Waals surface area contributed by atoms with Crippen molar-refractivity contribution in [1.82, 2.24) is 0 Å². The van der Waals surface area contributed by atoms with Gasteiger partial charge in [0.1, 0.15) is 0 Å². The minimum absolute atomic E-state index is 0.0417. The van der Waals surface area contributed by atoms with Crippen LogP contribution in [0.1, 0.15) is 53.9 Å². The van der Waals surface area contributed by atoms with Crippen LogP contribution in [-0.2, 0) is 9.16 Å². The molecule has 0 aromatic heterocycles. The second-order valence-electron chi connectivity index (χ2n) is 6.59. The molecule has 19 heavy (non-hydrogen) atoms. The average molecular weight is 288 g/mol. The Bertz CT molecular complexity index is 259. The fourth-order valence-corrected chi connectivity index (χ4v) is 5.67. The van der Waals surface area contributed by atoms with Crippen molar-refractivity contribution < 1.29 is 9.16 Å². The van der Waals surface area contributed by atoms with E-state index in [0.29, 0.717) is 12.7 Å². The molecule has 2 atom stereocenters. The highest BCUT2D eigenvalue weighted by Gasteiger charge is 2.33. The minimum Gasteiger partial charge on any atom is -0.415 e. The smallest absolute Gasteiger partial charge is 0.192 e. The first kappa shape index (κ1) is 17.1. The van der Waals surface area contributed by atoms with Gasteiger partial charge in [0, 0.05) is 12.6 Å². The van der Waals surface area contributed by atoms with Crippen LogP contribution in [0.4, 0.5) is 0 Å². The summed E-state index contributed by atoms with van der Waals surface area (Å²) in [7, 11) is -1.49. The lowest BCUT2D eigenvalue weighted by atomic mass is 10.0. The van der Waals surface area contributed by atoms with E-state index in [1.54, 1.807) is 0 Å². The van der Waals surface area contributed by atoms with E-state index in [1.165, 1.54) is 18.1 Å². The van der Waals surface area contributed by atoms with Gasteiger partial charge < -0.3 is 14.9 Å². The van der Waals surface area contributed by atoms with Gasteiger partial charge in [-0.2, -0.15) is 0 Å². The fraction of sp³-hybridized carbons (Fsp3) is 1.00. The van der Waals surface area contributed by atoms with E-state index in [4.69, 9.17) is 14.9 Å². The normalized spacial score (nSPS) is 24.6. The van der Waals surface area contributed by atoms with E-state index < -0.39 is 8.32 Å². The molecule has 2 N–H and O–H groups in total. The minimum atomic E-state index is -1.49. The first-order valence-corrected chi connectivity index (χ1v) is 10.5. The second kappa shape index (κ2) is 7.20. The van der Waals surface area contributed by atoms with Gasteiger partial charge >= 0.3 is 0 Å². The Kier molecular flexibility index (Phi) is 6.50. The molecule has 1 aliphatic heterocycles. The lowest BCUT2D eigenvalue weighted by molar-refractivity contribution is -0.0222. The molecule has 4 heteroatoms. The molecule has 1 unspecified atom stereocenters. The third-order valence-electron chi connectivity index (χ3n) is 4.66. The average Bonchev–Trinajstić information content (AvgIpc) is 2.71. The largest absolute Gasteiger partial charge is 0.415 e. The van der Waals surface area contributed by atoms with Crippen molar-refractivity contribution in [3.63, 3.8) is 0 Å². The van der Waals surface area contributed by atoms with E-state index in [1.807, 2.05) is 0 Å². The van der Waals surface area contributed by atoms with Crippen LogP contribution >= 0.6 is 0 Å². The molecule has 0 aliphatic carbocycles. The lowest BCUT2D eigenvalue weighted by Gasteiger charge is -2.30. The van der Waals surface area contributed by atoms with Gasteiger partial charge in [-0.15, -0.1) is 0 Å². The summed E-state index contributed by atoms with van der Waals surface area (Å²) in [5.41, 5.74) is 6.27. The summed E-state index contributed by atoms with van der Waals surface area (Å²) >= 11 is 0. The summed E-state index contributed by atoms with van der Waals surface area (Å²) in [4.78, 5) is 0. The van der Waals surface area contributed by atoms with Crippen LogP contribution in [0.5, 0.6) is 0 Å². The van der Waals surface area contributed by atoms with E-state index in [0.717, 1.165) is 19.3 Å². The molecule has 1 heterocycles. The van der Waals surface area contributed by atoms with Crippen molar-refractivity contribution in [3.8, 4) is 0 Å². The summed E-state index contributed by atoms with van der Waals surface area (Å²) in [6.07, 6.45) is 3.54. The Morgan fingerprint density at radius 2 is 1.84 bits per heavy atom. The van der Waals surface area contributed by atoms with Crippen LogP contribution < -0.4 is 5.73 Å². The van der Waals surface area contributed by atoms with Crippen molar-refractivity contribution >= 4 is 8.32 Å². The molecule has 0 radical (unpaired) electrons. The van der Waals surface area contributed by atoms with Crippen LogP contribution in [0, 0.1) is 0 Å². The highest BCUT2D eigenvalue weighted by Crippen LogP contribution is 2.31. The Morgan fingerprint density at radius 3 is 2.26 bits per heavy atom. The number of hydrogen-bond donors (Lipinski definition) is 1. The zero-order chi connectivity index (χ0) is 14.5. The SMILES string of the molecule is CC[Si](CC)(CC)OCC(N)C[C@H]1CCC(C)(C)O1. The number of nitrogens with two attached hydrogens (primary N) is 1. The molecule has 1 saturated heterocycles. The summed E-state index contributed by atoms with van der Waals surface area (Å²) in [6, 6.07) is 3.70. The van der Waals surface area contributed by atoms with Crippen LogP contribution in [-0.4, -0.2) is 32.7 Å². The standard InChI is InChI=1S/C15H33NO2Si/c1-6-19(7-2,8-3)17-12-13(16)11-14-9-10-15(4,5)18-14/h13-14H,6-12,16H2,1-5H3/t13?,14-/m1/s1. The van der Waals surface area contributed by atoms with Crippen molar-refractivity contribution in [2.75, 3.05) is 6.61 Å². The molecular formula is C15H33NO2Si. The molecule has 0 aromatic carbocycles. The van der Waals surface area contributed by atoms with E-state index in [-0.39, 0.29) is 11.6 Å². The second-order valence-corrected chi connectivity index (χ2v) is 11.4. The maximum Gasteiger partial charge on any atom is 0.192 e. The van der Waals surface area contributed by atoms with Gasteiger partial charge in [-0.25, -0.2) is 0 Å². The van der Waals surface area contributed by atoms with Gasteiger partial charge in [0.2, 0.25) is 0 Å². The Balaban J connectivity index is 2.33. The molecule has 0 aromatic rings. The molecule has 114 valence electrons. The maximum atomic E-state index is 6.26. The van der Waals surface area contributed by atoms with Crippen LogP contribution in [0.2, 0.25) is 18.1 Å². The summed E-state index contributed by atoms with van der Waals surface area (Å²) in [5, 5.41) is 0. The molecule has 1 rings (SSSR count). The topological polar surface area (TPSA) is 44.5 Å². The van der Waals surface area contributed by atoms with Crippen molar-refractivity contribution in [1.29, 1.82) is 0 Å². The molecular weight excluding hydrogens is 254 g/mol. The third kappa shape index (κ3) is 5.18. The van der Waals surface area contributed by atoms with E-state index >= 15 is 0 Å². The lowest BCUT2D eigenvalue weighted by Crippen LogP contribution is -2.41. The molecule has 1 aliphatic rings. The number of rotatable bonds is 8. The quantitative estimate of drug-likeness (QED) is 0.693. The predicted octanol–water partition coefficient (Wildman–Crippen LogP) is 3.68. The van der Waals surface area contributed by atoms with Crippen LogP contribution in [0.15, 0.2) is 0 Å². The van der Waals surface area contributed by atoms with E-state index in [2.05, 4.69) is 34.6 Å². The summed E-state index contributed by atoms with van der Waals surface area (Å²) in [5.74, 6) is 0. The summed E-state index contributed by atoms with van der Waals surface area (Å²) < 4.78 is 12.3. The molecule has 0 saturated carbocycles. The van der Waals surface area contributed by atoms with Crippen molar-refractivity contribution in [3.05, 3.63) is 0 Å². The zero-order valence-electron chi connectivity index (χ0n) is 13.5. The molecule has 0 bridgehead atoms. The zero-order valence-corrected chi connectivity index (χ0v) is 14.5. The Morgan fingerprint density at radius 1 is 1.26 bits per heavy atom. The highest BCUT2D eigenvalue weighted by molar-refractivity contribution is 6.73. The maximum absolute atomic E-state index is 6.26. The summed E-state index contributed by atoms with van der Waals surface area (Å²) in [6.45, 7) is 11.8. The van der Waals surface area contributed by atoms with Crippen molar-refractivity contribution in [2.24, 2.45) is 5.73 Å². The van der Waals surface area contributed by atoms with Gasteiger partial charge in [-0.3, -0.25) is 0 Å². The molecule has 1 fully saturated rings. The molecule has 0 amide bonds. The van der Waals surface area contributed by atoms with E-state index in [9.17, 15) is 0 Å². The molecule has 3 nitrogen and oxygen atoms in total. The van der Waals surface area contributed by atoms with Crippen LogP contribution in [0.3, 0.4) is 0 Å². The Hall–Kier alpha value is 0.0969. The van der Waals surface area contributed by atoms with Gasteiger partial charge in [-0.05, 0) is 51.2 Å². The van der Waals surface area contributed by atoms with Gasteiger partial charge in [0.05, 0.1) is 11.7 Å². The van der Waals surface area contributed by atoms with Gasteiger partial charge in [-0.1, -0.05) is 20.8 Å². The fourth-order valence-electron chi connectivity index (χ4n) is 2.99.